The van der Waals surface area contributed by atoms with Crippen LogP contribution in [-0.2, 0) is 16.0 Å². The molecule has 1 saturated heterocycles. The summed E-state index contributed by atoms with van der Waals surface area (Å²) in [5, 5.41) is 3.31. The number of nitrogens with zero attached hydrogens (tertiary/aromatic N) is 5. The predicted octanol–water partition coefficient (Wildman–Crippen LogP) is 4.42. The zero-order valence-corrected chi connectivity index (χ0v) is 21.4. The molecular formula is C26H25FN6O4S. The van der Waals surface area contributed by atoms with Crippen molar-refractivity contribution in [3.8, 4) is 11.5 Å². The molecule has 0 bridgehead atoms. The summed E-state index contributed by atoms with van der Waals surface area (Å²) in [6.07, 6.45) is 4.44. The highest BCUT2D eigenvalue weighted by atomic mass is 32.1. The molecule has 2 aliphatic heterocycles. The molecule has 0 spiro atoms. The summed E-state index contributed by atoms with van der Waals surface area (Å²) in [7, 11) is 1.89. The summed E-state index contributed by atoms with van der Waals surface area (Å²) in [6, 6.07) is 12.0. The molecule has 1 fully saturated rings. The van der Waals surface area contributed by atoms with Gasteiger partial charge in [-0.15, -0.1) is 0 Å². The Labute approximate surface area is 223 Å². The molecule has 196 valence electrons. The third-order valence-corrected chi connectivity index (χ3v) is 6.64. The number of ether oxygens (including phenoxy) is 4. The number of fused-ring (bicyclic) bond motifs is 2. The molecule has 6 rings (SSSR count). The van der Waals surface area contributed by atoms with Crippen molar-refractivity contribution in [2.75, 3.05) is 30.7 Å². The van der Waals surface area contributed by atoms with Gasteiger partial charge in [0.2, 0.25) is 6.79 Å². The van der Waals surface area contributed by atoms with Crippen LogP contribution in [0.5, 0.6) is 11.5 Å². The van der Waals surface area contributed by atoms with Gasteiger partial charge in [-0.25, -0.2) is 19.3 Å². The minimum absolute atomic E-state index is 0.133. The smallest absolute Gasteiger partial charge is 0.261 e. The maximum Gasteiger partial charge on any atom is 0.261 e. The van der Waals surface area contributed by atoms with E-state index < -0.39 is 0 Å². The van der Waals surface area contributed by atoms with Gasteiger partial charge in [0.25, 0.3) is 5.17 Å². The number of hydrogen-bond donors (Lipinski definition) is 1. The first-order valence-corrected chi connectivity index (χ1v) is 12.6. The Morgan fingerprint density at radius 2 is 2.05 bits per heavy atom. The molecule has 2 aromatic heterocycles. The van der Waals surface area contributed by atoms with Crippen LogP contribution in [0.4, 0.5) is 15.9 Å². The van der Waals surface area contributed by atoms with Crippen molar-refractivity contribution in [3.05, 3.63) is 66.5 Å². The van der Waals surface area contributed by atoms with Gasteiger partial charge in [0.15, 0.2) is 28.5 Å². The Morgan fingerprint density at radius 1 is 1.16 bits per heavy atom. The molecular weight excluding hydrogens is 511 g/mol. The van der Waals surface area contributed by atoms with E-state index in [1.807, 2.05) is 40.8 Å². The van der Waals surface area contributed by atoms with Crippen molar-refractivity contribution >= 4 is 40.1 Å². The Morgan fingerprint density at radius 3 is 2.95 bits per heavy atom. The minimum Gasteiger partial charge on any atom is -0.468 e. The lowest BCUT2D eigenvalue weighted by molar-refractivity contribution is -0.0174. The van der Waals surface area contributed by atoms with Gasteiger partial charge in [0.05, 0.1) is 12.4 Å². The Kier molecular flexibility index (Phi) is 6.64. The fourth-order valence-corrected chi connectivity index (χ4v) is 4.81. The van der Waals surface area contributed by atoms with Crippen molar-refractivity contribution < 1.29 is 23.3 Å². The Bertz CT molecular complexity index is 1480. The second-order valence-corrected chi connectivity index (χ2v) is 9.46. The van der Waals surface area contributed by atoms with Crippen LogP contribution < -0.4 is 19.7 Å². The van der Waals surface area contributed by atoms with Crippen LogP contribution >= 0.6 is 12.2 Å². The van der Waals surface area contributed by atoms with Gasteiger partial charge in [0.1, 0.15) is 25.0 Å². The molecule has 38 heavy (non-hydrogen) atoms. The van der Waals surface area contributed by atoms with Crippen LogP contribution in [0.1, 0.15) is 24.6 Å². The van der Waals surface area contributed by atoms with Gasteiger partial charge in [-0.1, -0.05) is 12.1 Å². The number of rotatable bonds is 7. The average molecular weight is 537 g/mol. The standard InChI is InChI=1S/C26H25FN6O4S/c1-32(11-16-3-2-4-17(27)9-16)24-23-25(29-13-28-24)33(14-30-23)22-8-6-19(37-22)12-34-26(38)31-18-5-7-20-21(10-18)36-15-35-20/h2-5,7,9-10,13-14,19,22H,6,8,11-12,15H2,1H3,(H,31,38)/t19-,22+/m0/s1. The van der Waals surface area contributed by atoms with E-state index in [0.29, 0.717) is 41.6 Å². The second-order valence-electron chi connectivity index (χ2n) is 9.09. The van der Waals surface area contributed by atoms with Crippen molar-refractivity contribution in [1.82, 2.24) is 19.5 Å². The van der Waals surface area contributed by atoms with Gasteiger partial charge in [-0.3, -0.25) is 4.57 Å². The summed E-state index contributed by atoms with van der Waals surface area (Å²) in [5.74, 6) is 1.76. The number of aromatic nitrogens is 4. The van der Waals surface area contributed by atoms with Crippen molar-refractivity contribution in [2.45, 2.75) is 31.7 Å². The van der Waals surface area contributed by atoms with Crippen molar-refractivity contribution in [2.24, 2.45) is 0 Å². The molecule has 0 amide bonds. The first-order valence-electron chi connectivity index (χ1n) is 12.2. The molecule has 12 heteroatoms. The number of imidazole rings is 1. The van der Waals surface area contributed by atoms with Crippen LogP contribution in [0, 0.1) is 5.82 Å². The molecule has 0 saturated carbocycles. The van der Waals surface area contributed by atoms with Crippen molar-refractivity contribution in [3.63, 3.8) is 0 Å². The first-order chi connectivity index (χ1) is 18.5. The molecule has 0 unspecified atom stereocenters. The zero-order valence-electron chi connectivity index (χ0n) is 20.5. The maximum absolute atomic E-state index is 13.6. The van der Waals surface area contributed by atoms with Gasteiger partial charge in [-0.2, -0.15) is 0 Å². The lowest BCUT2D eigenvalue weighted by Gasteiger charge is -2.19. The third kappa shape index (κ3) is 5.04. The molecule has 0 aliphatic carbocycles. The lowest BCUT2D eigenvalue weighted by Crippen LogP contribution is -2.22. The van der Waals surface area contributed by atoms with E-state index in [4.69, 9.17) is 31.2 Å². The summed E-state index contributed by atoms with van der Waals surface area (Å²) >= 11 is 5.35. The van der Waals surface area contributed by atoms with E-state index in [-0.39, 0.29) is 30.1 Å². The Hall–Kier alpha value is -4.03. The van der Waals surface area contributed by atoms with E-state index in [0.717, 1.165) is 24.1 Å². The van der Waals surface area contributed by atoms with Gasteiger partial charge in [0, 0.05) is 25.3 Å². The fourth-order valence-electron chi connectivity index (χ4n) is 4.62. The molecule has 10 nitrogen and oxygen atoms in total. The number of thiocarbonyl (C=S) groups is 1. The first kappa shape index (κ1) is 24.3. The molecule has 4 aromatic rings. The summed E-state index contributed by atoms with van der Waals surface area (Å²) in [5.41, 5.74) is 2.93. The SMILES string of the molecule is CN(Cc1cccc(F)c1)c1ncnc2c1ncn2[C@H]1CC[C@@H](COC(=S)Nc2ccc3c(c2)OCO3)O1. The largest absolute Gasteiger partial charge is 0.468 e. The highest BCUT2D eigenvalue weighted by Gasteiger charge is 2.29. The average Bonchev–Trinajstić information content (AvgIpc) is 3.66. The maximum atomic E-state index is 13.6. The lowest BCUT2D eigenvalue weighted by atomic mass is 10.2. The van der Waals surface area contributed by atoms with Crippen LogP contribution in [0.15, 0.2) is 55.1 Å². The molecule has 0 radical (unpaired) electrons. The molecule has 2 atom stereocenters. The second kappa shape index (κ2) is 10.4. The highest BCUT2D eigenvalue weighted by molar-refractivity contribution is 7.80. The van der Waals surface area contributed by atoms with Gasteiger partial charge in [-0.05, 0) is 54.9 Å². The number of nitrogens with one attached hydrogen (secondary N) is 1. The molecule has 2 aromatic carbocycles. The van der Waals surface area contributed by atoms with E-state index in [2.05, 4.69) is 20.3 Å². The van der Waals surface area contributed by atoms with E-state index in [1.165, 1.54) is 18.5 Å². The third-order valence-electron chi connectivity index (χ3n) is 6.42. The zero-order chi connectivity index (χ0) is 26.1. The topological polar surface area (TPSA) is 95.8 Å². The summed E-state index contributed by atoms with van der Waals surface area (Å²) < 4.78 is 38.3. The summed E-state index contributed by atoms with van der Waals surface area (Å²) in [4.78, 5) is 15.4. The van der Waals surface area contributed by atoms with Crippen LogP contribution in [0.2, 0.25) is 0 Å². The number of hydrogen-bond acceptors (Lipinski definition) is 9. The van der Waals surface area contributed by atoms with Gasteiger partial charge < -0.3 is 29.2 Å². The quantitative estimate of drug-likeness (QED) is 0.342. The van der Waals surface area contributed by atoms with Crippen LogP contribution in [-0.4, -0.2) is 51.2 Å². The molecule has 2 aliphatic rings. The molecule has 1 N–H and O–H groups in total. The Balaban J connectivity index is 1.07. The molecule has 4 heterocycles. The monoisotopic (exact) mass is 536 g/mol. The summed E-state index contributed by atoms with van der Waals surface area (Å²) in [6.45, 7) is 1.01. The highest BCUT2D eigenvalue weighted by Crippen LogP contribution is 2.35. The van der Waals surface area contributed by atoms with Gasteiger partial charge >= 0.3 is 0 Å². The van der Waals surface area contributed by atoms with E-state index in [9.17, 15) is 4.39 Å². The normalized spacial score (nSPS) is 18.1. The van der Waals surface area contributed by atoms with Crippen molar-refractivity contribution in [1.29, 1.82) is 0 Å². The fraction of sp³-hybridized carbons (Fsp3) is 0.308. The predicted molar refractivity (Wildman–Crippen MR) is 142 cm³/mol. The number of anilines is 2. The van der Waals surface area contributed by atoms with E-state index in [1.54, 1.807) is 12.4 Å². The van der Waals surface area contributed by atoms with Crippen LogP contribution in [0.3, 0.4) is 0 Å². The number of halogens is 1. The minimum atomic E-state index is -0.269. The van der Waals surface area contributed by atoms with E-state index >= 15 is 0 Å². The number of benzene rings is 2. The van der Waals surface area contributed by atoms with Crippen LogP contribution in [0.25, 0.3) is 11.2 Å².